The second kappa shape index (κ2) is 9.14. The summed E-state index contributed by atoms with van der Waals surface area (Å²) in [6.45, 7) is 19.1. The fourth-order valence-corrected chi connectivity index (χ4v) is 1.54. The first-order valence-corrected chi connectivity index (χ1v) is 6.36. The van der Waals surface area contributed by atoms with E-state index in [1.54, 1.807) is 0 Å². The molecule has 0 atom stereocenters. The van der Waals surface area contributed by atoms with E-state index in [4.69, 9.17) is 0 Å². The average molecular weight is 237 g/mol. The minimum absolute atomic E-state index is 0.828. The van der Waals surface area contributed by atoms with Crippen molar-refractivity contribution in [2.75, 3.05) is 39.8 Å². The number of piperazine rings is 1. The minimum atomic E-state index is 0.828. The number of hydrogen-bond acceptors (Lipinski definition) is 3. The van der Waals surface area contributed by atoms with Crippen molar-refractivity contribution in [2.45, 2.75) is 20.8 Å². The molecule has 0 amide bonds. The Hall–Kier alpha value is -0.930. The van der Waals surface area contributed by atoms with E-state index in [9.17, 15) is 0 Å². The van der Waals surface area contributed by atoms with Gasteiger partial charge in [0.05, 0.1) is 0 Å². The summed E-state index contributed by atoms with van der Waals surface area (Å²) in [7, 11) is 2.16. The van der Waals surface area contributed by atoms with Crippen LogP contribution in [0.15, 0.2) is 29.4 Å². The molecule has 1 heterocycles. The van der Waals surface area contributed by atoms with Crippen molar-refractivity contribution in [2.24, 2.45) is 4.99 Å². The molecule has 0 bridgehead atoms. The van der Waals surface area contributed by atoms with Gasteiger partial charge >= 0.3 is 0 Å². The third-order valence-corrected chi connectivity index (χ3v) is 2.49. The fraction of sp³-hybridized carbons (Fsp3) is 0.643. The van der Waals surface area contributed by atoms with Crippen LogP contribution in [0.5, 0.6) is 0 Å². The van der Waals surface area contributed by atoms with Crippen LogP contribution in [0, 0.1) is 0 Å². The van der Waals surface area contributed by atoms with Crippen LogP contribution in [0.25, 0.3) is 0 Å². The van der Waals surface area contributed by atoms with E-state index in [-0.39, 0.29) is 0 Å². The van der Waals surface area contributed by atoms with Crippen molar-refractivity contribution in [3.8, 4) is 0 Å². The Morgan fingerprint density at radius 3 is 2.18 bits per heavy atom. The summed E-state index contributed by atoms with van der Waals surface area (Å²) >= 11 is 0. The maximum atomic E-state index is 4.15. The molecule has 1 aliphatic heterocycles. The van der Waals surface area contributed by atoms with Crippen molar-refractivity contribution in [1.82, 2.24) is 9.80 Å². The molecule has 0 aromatic heterocycles. The molecule has 1 saturated heterocycles. The maximum absolute atomic E-state index is 4.15. The predicted octanol–water partition coefficient (Wildman–Crippen LogP) is 2.42. The number of allylic oxidation sites excluding steroid dienone is 1. The van der Waals surface area contributed by atoms with Crippen LogP contribution in [0.1, 0.15) is 20.8 Å². The highest BCUT2D eigenvalue weighted by molar-refractivity contribution is 5.78. The van der Waals surface area contributed by atoms with E-state index in [0.29, 0.717) is 0 Å². The van der Waals surface area contributed by atoms with Gasteiger partial charge in [-0.25, -0.2) is 0 Å². The van der Waals surface area contributed by atoms with Crippen molar-refractivity contribution >= 4 is 6.21 Å². The van der Waals surface area contributed by atoms with E-state index >= 15 is 0 Å². The highest BCUT2D eigenvalue weighted by Crippen LogP contribution is 2.02. The van der Waals surface area contributed by atoms with Crippen molar-refractivity contribution in [3.05, 3.63) is 24.4 Å². The summed E-state index contributed by atoms with van der Waals surface area (Å²) in [6, 6.07) is 0. The highest BCUT2D eigenvalue weighted by atomic mass is 15.2. The topological polar surface area (TPSA) is 18.8 Å². The van der Waals surface area contributed by atoms with Crippen LogP contribution in [-0.4, -0.2) is 55.8 Å². The molecular weight excluding hydrogens is 210 g/mol. The summed E-state index contributed by atoms with van der Waals surface area (Å²) in [5.74, 6) is 0. The summed E-state index contributed by atoms with van der Waals surface area (Å²) in [5, 5.41) is 0. The Morgan fingerprint density at radius 1 is 1.18 bits per heavy atom. The predicted molar refractivity (Wildman–Crippen MR) is 77.7 cm³/mol. The van der Waals surface area contributed by atoms with Crippen molar-refractivity contribution in [3.63, 3.8) is 0 Å². The number of hydrogen-bond donors (Lipinski definition) is 0. The molecular formula is C14H27N3. The lowest BCUT2D eigenvalue weighted by Crippen LogP contribution is -2.45. The smallest absolute Gasteiger partial charge is 0.0309 e. The highest BCUT2D eigenvalue weighted by Gasteiger charge is 2.13. The Morgan fingerprint density at radius 2 is 1.71 bits per heavy atom. The minimum Gasteiger partial charge on any atom is -0.304 e. The number of likely N-dealkylation sites (N-methyl/N-ethyl adjacent to an activating group) is 1. The number of nitrogens with zero attached hydrogens (tertiary/aromatic N) is 3. The van der Waals surface area contributed by atoms with Gasteiger partial charge in [-0.2, -0.15) is 0 Å². The standard InChI is InChI=1S/C12H21N3.C2H6/c1-11(2)13-9-12(3)10-15-7-5-14(4)6-8-15;1-2/h9H,1,3,5-8,10H2,2,4H3;1-2H3. The van der Waals surface area contributed by atoms with E-state index in [1.165, 1.54) is 0 Å². The lowest BCUT2D eigenvalue weighted by Gasteiger charge is -2.32. The second-order valence-electron chi connectivity index (χ2n) is 4.23. The van der Waals surface area contributed by atoms with Crippen LogP contribution < -0.4 is 0 Å². The van der Waals surface area contributed by atoms with Crippen LogP contribution in [-0.2, 0) is 0 Å². The van der Waals surface area contributed by atoms with Crippen molar-refractivity contribution < 1.29 is 0 Å². The van der Waals surface area contributed by atoms with E-state index < -0.39 is 0 Å². The quantitative estimate of drug-likeness (QED) is 0.699. The van der Waals surface area contributed by atoms with E-state index in [0.717, 1.165) is 44.0 Å². The molecule has 3 nitrogen and oxygen atoms in total. The third kappa shape index (κ3) is 7.88. The van der Waals surface area contributed by atoms with Gasteiger partial charge in [-0.15, -0.1) is 0 Å². The monoisotopic (exact) mass is 237 g/mol. The third-order valence-electron chi connectivity index (χ3n) is 2.49. The summed E-state index contributed by atoms with van der Waals surface area (Å²) < 4.78 is 0. The molecule has 1 aliphatic rings. The first-order chi connectivity index (χ1) is 8.08. The Bertz CT molecular complexity index is 261. The molecule has 0 aliphatic carbocycles. The summed E-state index contributed by atoms with van der Waals surface area (Å²) in [4.78, 5) is 8.91. The van der Waals surface area contributed by atoms with Crippen LogP contribution >= 0.6 is 0 Å². The molecule has 0 aromatic carbocycles. The van der Waals surface area contributed by atoms with Gasteiger partial charge in [-0.3, -0.25) is 9.89 Å². The molecule has 0 radical (unpaired) electrons. The summed E-state index contributed by atoms with van der Waals surface area (Å²) in [5.41, 5.74) is 1.89. The van der Waals surface area contributed by atoms with Gasteiger partial charge in [-0.05, 0) is 19.5 Å². The first-order valence-electron chi connectivity index (χ1n) is 6.36. The molecule has 3 heteroatoms. The lowest BCUT2D eigenvalue weighted by atomic mass is 10.2. The first kappa shape index (κ1) is 16.1. The number of aliphatic imine (C=N–C) groups is 1. The molecule has 0 aromatic rings. The van der Waals surface area contributed by atoms with Gasteiger partial charge in [0.1, 0.15) is 0 Å². The van der Waals surface area contributed by atoms with Crippen molar-refractivity contribution in [1.29, 1.82) is 0 Å². The molecule has 0 N–H and O–H groups in total. The van der Waals surface area contributed by atoms with Crippen LogP contribution in [0.4, 0.5) is 0 Å². The summed E-state index contributed by atoms with van der Waals surface area (Å²) in [6.07, 6.45) is 1.82. The molecule has 0 unspecified atom stereocenters. The Kier molecular flexibility index (Phi) is 8.64. The van der Waals surface area contributed by atoms with E-state index in [1.807, 2.05) is 27.0 Å². The fourth-order valence-electron chi connectivity index (χ4n) is 1.54. The van der Waals surface area contributed by atoms with Gasteiger partial charge in [0.25, 0.3) is 0 Å². The van der Waals surface area contributed by atoms with Gasteiger partial charge in [0.15, 0.2) is 0 Å². The van der Waals surface area contributed by atoms with Gasteiger partial charge in [0, 0.05) is 44.6 Å². The normalized spacial score (nSPS) is 17.6. The van der Waals surface area contributed by atoms with Gasteiger partial charge in [-0.1, -0.05) is 27.0 Å². The van der Waals surface area contributed by atoms with Gasteiger partial charge < -0.3 is 4.90 Å². The van der Waals surface area contributed by atoms with Crippen LogP contribution in [0.3, 0.4) is 0 Å². The molecule has 98 valence electrons. The molecule has 17 heavy (non-hydrogen) atoms. The SMILES string of the molecule is C=C(C=NC(=C)C)CN1CCN(C)CC1.CC. The molecule has 0 saturated carbocycles. The average Bonchev–Trinajstić information content (AvgIpc) is 2.32. The van der Waals surface area contributed by atoms with Crippen LogP contribution in [0.2, 0.25) is 0 Å². The maximum Gasteiger partial charge on any atom is 0.0309 e. The zero-order chi connectivity index (χ0) is 13.3. The van der Waals surface area contributed by atoms with E-state index in [2.05, 4.69) is 35.0 Å². The number of rotatable bonds is 4. The Labute approximate surface area is 107 Å². The molecule has 0 spiro atoms. The molecule has 1 rings (SSSR count). The second-order valence-corrected chi connectivity index (χ2v) is 4.23. The largest absolute Gasteiger partial charge is 0.304 e. The van der Waals surface area contributed by atoms with Gasteiger partial charge in [0.2, 0.25) is 0 Å². The Balaban J connectivity index is 0.00000121. The zero-order valence-corrected chi connectivity index (χ0v) is 11.9. The lowest BCUT2D eigenvalue weighted by molar-refractivity contribution is 0.165. The zero-order valence-electron chi connectivity index (χ0n) is 11.9. The molecule has 1 fully saturated rings.